The normalized spacial score (nSPS) is 19.3. The fourth-order valence-corrected chi connectivity index (χ4v) is 4.28. The topological polar surface area (TPSA) is 58.6 Å². The second kappa shape index (κ2) is 8.87. The first-order valence-electron chi connectivity index (χ1n) is 10.2. The molecule has 1 aromatic carbocycles. The van der Waals surface area contributed by atoms with Crippen LogP contribution in [0, 0.1) is 5.41 Å². The van der Waals surface area contributed by atoms with Crippen molar-refractivity contribution < 1.29 is 14.3 Å². The molecule has 1 heterocycles. The lowest BCUT2D eigenvalue weighted by Gasteiger charge is -2.33. The molecule has 148 valence electrons. The maximum Gasteiger partial charge on any atom is 0.224 e. The van der Waals surface area contributed by atoms with Crippen LogP contribution >= 0.6 is 0 Å². The number of carbonyl (C=O) groups excluding carboxylic acids is 2. The van der Waals surface area contributed by atoms with Crippen LogP contribution in [0.4, 0.5) is 5.69 Å². The molecule has 0 radical (unpaired) electrons. The Morgan fingerprint density at radius 2 is 1.70 bits per heavy atom. The summed E-state index contributed by atoms with van der Waals surface area (Å²) >= 11 is 0. The Kier molecular flexibility index (Phi) is 6.53. The molecule has 27 heavy (non-hydrogen) atoms. The quantitative estimate of drug-likeness (QED) is 0.823. The average Bonchev–Trinajstić information content (AvgIpc) is 3.10. The molecule has 1 saturated carbocycles. The van der Waals surface area contributed by atoms with Crippen molar-refractivity contribution in [1.82, 2.24) is 4.90 Å². The molecule has 1 aliphatic carbocycles. The molecule has 2 amide bonds. The van der Waals surface area contributed by atoms with Crippen molar-refractivity contribution in [2.45, 2.75) is 58.3 Å². The van der Waals surface area contributed by atoms with Gasteiger partial charge in [0, 0.05) is 31.6 Å². The first-order valence-corrected chi connectivity index (χ1v) is 10.2. The number of ether oxygens (including phenoxy) is 1. The third-order valence-electron chi connectivity index (χ3n) is 5.95. The summed E-state index contributed by atoms with van der Waals surface area (Å²) in [4.78, 5) is 27.3. The number of carbonyl (C=O) groups is 2. The van der Waals surface area contributed by atoms with E-state index in [1.807, 2.05) is 17.0 Å². The van der Waals surface area contributed by atoms with E-state index in [0.717, 1.165) is 31.4 Å². The van der Waals surface area contributed by atoms with Gasteiger partial charge in [0.05, 0.1) is 13.2 Å². The van der Waals surface area contributed by atoms with E-state index in [1.54, 1.807) is 0 Å². The van der Waals surface area contributed by atoms with Gasteiger partial charge in [-0.3, -0.25) is 9.59 Å². The fraction of sp³-hybridized carbons (Fsp3) is 0.636. The molecule has 2 aliphatic rings. The third kappa shape index (κ3) is 5.32. The summed E-state index contributed by atoms with van der Waals surface area (Å²) < 4.78 is 5.34. The van der Waals surface area contributed by atoms with Gasteiger partial charge >= 0.3 is 0 Å². The molecule has 0 spiro atoms. The summed E-state index contributed by atoms with van der Waals surface area (Å²) in [6.07, 6.45) is 5.03. The number of nitrogens with one attached hydrogen (secondary N) is 1. The Bertz CT molecular complexity index is 642. The van der Waals surface area contributed by atoms with Crippen LogP contribution in [0.15, 0.2) is 24.3 Å². The van der Waals surface area contributed by atoms with Gasteiger partial charge in [-0.15, -0.1) is 0 Å². The molecule has 1 aliphatic heterocycles. The van der Waals surface area contributed by atoms with Crippen LogP contribution in [0.3, 0.4) is 0 Å². The second-order valence-corrected chi connectivity index (χ2v) is 8.38. The van der Waals surface area contributed by atoms with Crippen LogP contribution < -0.4 is 5.32 Å². The largest absolute Gasteiger partial charge is 0.378 e. The molecule has 5 nitrogen and oxygen atoms in total. The van der Waals surface area contributed by atoms with Crippen molar-refractivity contribution in [2.24, 2.45) is 5.41 Å². The first-order chi connectivity index (χ1) is 13.0. The molecule has 0 bridgehead atoms. The Hall–Kier alpha value is -1.88. The monoisotopic (exact) mass is 372 g/mol. The Balaban J connectivity index is 1.59. The molecule has 0 atom stereocenters. The molecular formula is C22H32N2O3. The predicted octanol–water partition coefficient (Wildman–Crippen LogP) is 3.95. The first kappa shape index (κ1) is 19.9. The van der Waals surface area contributed by atoms with Crippen LogP contribution in [0.5, 0.6) is 0 Å². The average molecular weight is 373 g/mol. The zero-order valence-corrected chi connectivity index (χ0v) is 16.6. The highest BCUT2D eigenvalue weighted by molar-refractivity contribution is 5.91. The minimum atomic E-state index is -0.183. The van der Waals surface area contributed by atoms with Crippen LogP contribution in [0.1, 0.15) is 63.9 Å². The van der Waals surface area contributed by atoms with E-state index >= 15 is 0 Å². The zero-order valence-electron chi connectivity index (χ0n) is 16.6. The summed E-state index contributed by atoms with van der Waals surface area (Å²) in [6, 6.07) is 8.06. The molecule has 3 rings (SSSR count). The fourth-order valence-electron chi connectivity index (χ4n) is 4.28. The van der Waals surface area contributed by atoms with Crippen molar-refractivity contribution in [2.75, 3.05) is 31.6 Å². The van der Waals surface area contributed by atoms with Crippen molar-refractivity contribution in [1.29, 1.82) is 0 Å². The molecule has 1 aromatic rings. The van der Waals surface area contributed by atoms with Crippen molar-refractivity contribution in [3.05, 3.63) is 29.8 Å². The third-order valence-corrected chi connectivity index (χ3v) is 5.95. The van der Waals surface area contributed by atoms with Gasteiger partial charge < -0.3 is 15.0 Å². The molecule has 0 unspecified atom stereocenters. The van der Waals surface area contributed by atoms with Crippen LogP contribution in [0.25, 0.3) is 0 Å². The van der Waals surface area contributed by atoms with E-state index < -0.39 is 0 Å². The Morgan fingerprint density at radius 1 is 1.07 bits per heavy atom. The van der Waals surface area contributed by atoms with Gasteiger partial charge in [0.15, 0.2) is 0 Å². The van der Waals surface area contributed by atoms with Crippen molar-refractivity contribution in [3.8, 4) is 0 Å². The summed E-state index contributed by atoms with van der Waals surface area (Å²) in [6.45, 7) is 6.88. The van der Waals surface area contributed by atoms with Gasteiger partial charge in [-0.1, -0.05) is 38.8 Å². The van der Waals surface area contributed by atoms with E-state index in [-0.39, 0.29) is 17.2 Å². The minimum Gasteiger partial charge on any atom is -0.378 e. The Labute approximate surface area is 162 Å². The summed E-state index contributed by atoms with van der Waals surface area (Å²) in [5.41, 5.74) is 1.91. The highest BCUT2D eigenvalue weighted by Gasteiger charge is 2.39. The minimum absolute atomic E-state index is 0.0176. The molecule has 5 heteroatoms. The SMILES string of the molecule is CC(C)c1ccc(NC(=O)CC2(CC(=O)N3CCOCC3)CCCC2)cc1. The highest BCUT2D eigenvalue weighted by Crippen LogP contribution is 2.44. The molecular weight excluding hydrogens is 340 g/mol. The van der Waals surface area contributed by atoms with E-state index in [1.165, 1.54) is 5.56 Å². The summed E-state index contributed by atoms with van der Waals surface area (Å²) in [7, 11) is 0. The lowest BCUT2D eigenvalue weighted by molar-refractivity contribution is -0.138. The van der Waals surface area contributed by atoms with Gasteiger partial charge in [0.25, 0.3) is 0 Å². The van der Waals surface area contributed by atoms with E-state index in [0.29, 0.717) is 45.1 Å². The lowest BCUT2D eigenvalue weighted by atomic mass is 9.78. The van der Waals surface area contributed by atoms with E-state index in [9.17, 15) is 9.59 Å². The van der Waals surface area contributed by atoms with Crippen molar-refractivity contribution in [3.63, 3.8) is 0 Å². The van der Waals surface area contributed by atoms with Crippen molar-refractivity contribution >= 4 is 17.5 Å². The van der Waals surface area contributed by atoms with Crippen LogP contribution in [0.2, 0.25) is 0 Å². The van der Waals surface area contributed by atoms with Crippen LogP contribution in [-0.4, -0.2) is 43.0 Å². The number of nitrogens with zero attached hydrogens (tertiary/aromatic N) is 1. The van der Waals surface area contributed by atoms with Gasteiger partial charge in [0.1, 0.15) is 0 Å². The molecule has 2 fully saturated rings. The van der Waals surface area contributed by atoms with E-state index in [4.69, 9.17) is 4.74 Å². The smallest absolute Gasteiger partial charge is 0.224 e. The lowest BCUT2D eigenvalue weighted by Crippen LogP contribution is -2.43. The van der Waals surface area contributed by atoms with Gasteiger partial charge in [-0.05, 0) is 41.9 Å². The molecule has 1 N–H and O–H groups in total. The van der Waals surface area contributed by atoms with Gasteiger partial charge in [-0.2, -0.15) is 0 Å². The number of morpholine rings is 1. The summed E-state index contributed by atoms with van der Waals surface area (Å²) in [5, 5.41) is 3.03. The molecule has 0 aromatic heterocycles. The van der Waals surface area contributed by atoms with Gasteiger partial charge in [0.2, 0.25) is 11.8 Å². The number of amides is 2. The zero-order chi connectivity index (χ0) is 19.3. The van der Waals surface area contributed by atoms with E-state index in [2.05, 4.69) is 31.3 Å². The summed E-state index contributed by atoms with van der Waals surface area (Å²) in [5.74, 6) is 0.668. The Morgan fingerprint density at radius 3 is 2.30 bits per heavy atom. The maximum absolute atomic E-state index is 12.7. The number of anilines is 1. The van der Waals surface area contributed by atoms with Gasteiger partial charge in [-0.25, -0.2) is 0 Å². The molecule has 1 saturated heterocycles. The van der Waals surface area contributed by atoms with Crippen LogP contribution in [-0.2, 0) is 14.3 Å². The second-order valence-electron chi connectivity index (χ2n) is 8.38. The maximum atomic E-state index is 12.7. The highest BCUT2D eigenvalue weighted by atomic mass is 16.5. The number of rotatable bonds is 6. The number of benzene rings is 1. The standard InChI is InChI=1S/C22H32N2O3/c1-17(2)18-5-7-19(8-6-18)23-20(25)15-22(9-3-4-10-22)16-21(26)24-11-13-27-14-12-24/h5-8,17H,3-4,9-16H2,1-2H3,(H,23,25). The number of hydrogen-bond donors (Lipinski definition) is 1. The number of hydrogen-bond acceptors (Lipinski definition) is 3. The predicted molar refractivity (Wildman–Crippen MR) is 107 cm³/mol.